The molecule has 0 heterocycles. The summed E-state index contributed by atoms with van der Waals surface area (Å²) >= 11 is 0. The van der Waals surface area contributed by atoms with Gasteiger partial charge in [0.2, 0.25) is 0 Å². The summed E-state index contributed by atoms with van der Waals surface area (Å²) in [5, 5.41) is 0. The summed E-state index contributed by atoms with van der Waals surface area (Å²) in [5.74, 6) is 0. The number of nitrogens with two attached hydrogens (primary N) is 2. The van der Waals surface area contributed by atoms with Crippen LogP contribution in [0, 0.1) is 0 Å². The zero-order chi connectivity index (χ0) is 13.2. The monoisotopic (exact) mass is 247 g/mol. The second-order valence-corrected chi connectivity index (χ2v) is 5.82. The molecule has 0 aliphatic heterocycles. The van der Waals surface area contributed by atoms with Crippen molar-refractivity contribution < 1.29 is 0 Å². The fourth-order valence-corrected chi connectivity index (χ4v) is 2.80. The van der Waals surface area contributed by atoms with Crippen LogP contribution in [0.3, 0.4) is 0 Å². The molecule has 0 amide bonds. The number of hydrogen-bond donors (Lipinski definition) is 2. The molecule has 2 atom stereocenters. The van der Waals surface area contributed by atoms with Crippen LogP contribution >= 0.6 is 0 Å². The van der Waals surface area contributed by atoms with Gasteiger partial charge in [0.05, 0.1) is 0 Å². The maximum atomic E-state index is 6.50. The first-order chi connectivity index (χ1) is 8.51. The highest BCUT2D eigenvalue weighted by atomic mass is 15.1. The summed E-state index contributed by atoms with van der Waals surface area (Å²) in [6.45, 7) is 0. The van der Waals surface area contributed by atoms with Crippen LogP contribution in [0.4, 0.5) is 5.69 Å². The van der Waals surface area contributed by atoms with E-state index in [2.05, 4.69) is 43.3 Å². The van der Waals surface area contributed by atoms with Gasteiger partial charge in [-0.25, -0.2) is 0 Å². The lowest BCUT2D eigenvalue weighted by Gasteiger charge is -2.39. The Kier molecular flexibility index (Phi) is 3.93. The van der Waals surface area contributed by atoms with Gasteiger partial charge in [-0.3, -0.25) is 0 Å². The summed E-state index contributed by atoms with van der Waals surface area (Å²) in [6.07, 6.45) is 5.43. The third-order valence-electron chi connectivity index (χ3n) is 4.13. The Hall–Kier alpha value is -1.06. The molecule has 0 radical (unpaired) electrons. The predicted molar refractivity (Wildman–Crippen MR) is 77.8 cm³/mol. The summed E-state index contributed by atoms with van der Waals surface area (Å²) in [7, 11) is 4.10. The van der Waals surface area contributed by atoms with E-state index in [9.17, 15) is 0 Å². The van der Waals surface area contributed by atoms with Crippen molar-refractivity contribution >= 4 is 5.69 Å². The molecule has 3 nitrogen and oxygen atoms in total. The summed E-state index contributed by atoms with van der Waals surface area (Å²) < 4.78 is 0. The topological polar surface area (TPSA) is 55.3 Å². The van der Waals surface area contributed by atoms with Gasteiger partial charge in [0, 0.05) is 31.4 Å². The fraction of sp³-hybridized carbons (Fsp3) is 0.600. The van der Waals surface area contributed by atoms with Gasteiger partial charge in [-0.2, -0.15) is 0 Å². The molecule has 3 heteroatoms. The van der Waals surface area contributed by atoms with Gasteiger partial charge >= 0.3 is 0 Å². The van der Waals surface area contributed by atoms with Crippen LogP contribution in [-0.4, -0.2) is 25.7 Å². The van der Waals surface area contributed by atoms with Crippen molar-refractivity contribution in [3.63, 3.8) is 0 Å². The van der Waals surface area contributed by atoms with Gasteiger partial charge in [-0.1, -0.05) is 25.0 Å². The maximum absolute atomic E-state index is 6.50. The zero-order valence-corrected chi connectivity index (χ0v) is 11.5. The minimum Gasteiger partial charge on any atom is -0.378 e. The van der Waals surface area contributed by atoms with Crippen LogP contribution in [0.1, 0.15) is 31.2 Å². The average molecular weight is 247 g/mol. The van der Waals surface area contributed by atoms with Crippen LogP contribution in [0.5, 0.6) is 0 Å². The van der Waals surface area contributed by atoms with Crippen molar-refractivity contribution in [2.75, 3.05) is 19.0 Å². The molecular formula is C15H25N3. The molecule has 100 valence electrons. The molecule has 2 rings (SSSR count). The predicted octanol–water partition coefficient (Wildman–Crippen LogP) is 1.89. The Bertz CT molecular complexity index is 385. The summed E-state index contributed by atoms with van der Waals surface area (Å²) in [4.78, 5) is 2.11. The second-order valence-electron chi connectivity index (χ2n) is 5.82. The lowest BCUT2D eigenvalue weighted by Crippen LogP contribution is -2.58. The van der Waals surface area contributed by atoms with Crippen molar-refractivity contribution in [1.82, 2.24) is 0 Å². The van der Waals surface area contributed by atoms with Crippen molar-refractivity contribution in [2.45, 2.75) is 43.7 Å². The minimum atomic E-state index is -0.210. The molecule has 0 bridgehead atoms. The fourth-order valence-electron chi connectivity index (χ4n) is 2.80. The van der Waals surface area contributed by atoms with Crippen LogP contribution in [0.15, 0.2) is 24.3 Å². The smallest absolute Gasteiger partial charge is 0.0361 e. The van der Waals surface area contributed by atoms with E-state index in [1.54, 1.807) is 0 Å². The number of rotatable bonds is 3. The lowest BCUT2D eigenvalue weighted by molar-refractivity contribution is 0.251. The van der Waals surface area contributed by atoms with E-state index in [0.717, 1.165) is 19.3 Å². The Balaban J connectivity index is 2.08. The third-order valence-corrected chi connectivity index (χ3v) is 4.13. The molecule has 1 aliphatic rings. The standard InChI is InChI=1S/C15H25N3/c1-18(2)13-8-6-12(7-9-13)11-15(17)10-4-3-5-14(15)16/h6-9,14H,3-5,10-11,16-17H2,1-2H3. The van der Waals surface area contributed by atoms with Crippen molar-refractivity contribution in [2.24, 2.45) is 11.5 Å². The SMILES string of the molecule is CN(C)c1ccc(CC2(N)CCCCC2N)cc1. The molecule has 1 saturated carbocycles. The Morgan fingerprint density at radius 1 is 1.22 bits per heavy atom. The molecular weight excluding hydrogens is 222 g/mol. The molecule has 1 aromatic rings. The van der Waals surface area contributed by atoms with Crippen molar-refractivity contribution in [1.29, 1.82) is 0 Å². The largest absolute Gasteiger partial charge is 0.378 e. The van der Waals surface area contributed by atoms with E-state index in [0.29, 0.717) is 0 Å². The highest BCUT2D eigenvalue weighted by Crippen LogP contribution is 2.28. The van der Waals surface area contributed by atoms with Crippen LogP contribution in [0.2, 0.25) is 0 Å². The third kappa shape index (κ3) is 2.85. The van der Waals surface area contributed by atoms with Gasteiger partial charge in [0.25, 0.3) is 0 Å². The van der Waals surface area contributed by atoms with Crippen molar-refractivity contribution in [3.05, 3.63) is 29.8 Å². The summed E-state index contributed by atoms with van der Waals surface area (Å²) in [6, 6.07) is 8.77. The number of benzene rings is 1. The second kappa shape index (κ2) is 5.29. The Labute approximate surface area is 110 Å². The van der Waals surface area contributed by atoms with Crippen molar-refractivity contribution in [3.8, 4) is 0 Å². The quantitative estimate of drug-likeness (QED) is 0.857. The molecule has 0 spiro atoms. The van der Waals surface area contributed by atoms with Crippen LogP contribution < -0.4 is 16.4 Å². The number of anilines is 1. The van der Waals surface area contributed by atoms with E-state index in [1.165, 1.54) is 24.1 Å². The highest BCUT2D eigenvalue weighted by molar-refractivity contribution is 5.46. The minimum absolute atomic E-state index is 0.139. The Morgan fingerprint density at radius 2 is 1.89 bits per heavy atom. The number of hydrogen-bond acceptors (Lipinski definition) is 3. The molecule has 2 unspecified atom stereocenters. The van der Waals surface area contributed by atoms with Gasteiger partial charge in [0.15, 0.2) is 0 Å². The Morgan fingerprint density at radius 3 is 2.44 bits per heavy atom. The molecule has 4 N–H and O–H groups in total. The van der Waals surface area contributed by atoms with E-state index >= 15 is 0 Å². The maximum Gasteiger partial charge on any atom is 0.0361 e. The van der Waals surface area contributed by atoms with Gasteiger partial charge in [-0.05, 0) is 37.0 Å². The average Bonchev–Trinajstić information content (AvgIpc) is 2.34. The molecule has 1 aromatic carbocycles. The van der Waals surface area contributed by atoms with Gasteiger partial charge in [0.1, 0.15) is 0 Å². The number of nitrogens with zero attached hydrogens (tertiary/aromatic N) is 1. The summed E-state index contributed by atoms with van der Waals surface area (Å²) in [5.41, 5.74) is 15.0. The molecule has 18 heavy (non-hydrogen) atoms. The van der Waals surface area contributed by atoms with Gasteiger partial charge < -0.3 is 16.4 Å². The van der Waals surface area contributed by atoms with E-state index in [1.807, 2.05) is 0 Å². The first kappa shape index (κ1) is 13.4. The molecule has 1 fully saturated rings. The van der Waals surface area contributed by atoms with Crippen LogP contribution in [0.25, 0.3) is 0 Å². The van der Waals surface area contributed by atoms with Gasteiger partial charge in [-0.15, -0.1) is 0 Å². The van der Waals surface area contributed by atoms with E-state index in [-0.39, 0.29) is 11.6 Å². The zero-order valence-electron chi connectivity index (χ0n) is 11.5. The molecule has 0 saturated heterocycles. The first-order valence-electron chi connectivity index (χ1n) is 6.82. The molecule has 0 aromatic heterocycles. The lowest BCUT2D eigenvalue weighted by atomic mass is 9.75. The normalized spacial score (nSPS) is 28.1. The first-order valence-corrected chi connectivity index (χ1v) is 6.82. The molecule has 1 aliphatic carbocycles. The van der Waals surface area contributed by atoms with Crippen LogP contribution in [-0.2, 0) is 6.42 Å². The highest BCUT2D eigenvalue weighted by Gasteiger charge is 2.34. The van der Waals surface area contributed by atoms with E-state index < -0.39 is 0 Å². The van der Waals surface area contributed by atoms with E-state index in [4.69, 9.17) is 11.5 Å².